The van der Waals surface area contributed by atoms with Crippen LogP contribution in [0.3, 0.4) is 0 Å². The first-order valence-electron chi connectivity index (χ1n) is 20.2. The number of allylic oxidation sites excluding steroid dienone is 2. The monoisotopic (exact) mass is 815 g/mol. The van der Waals surface area contributed by atoms with Gasteiger partial charge in [-0.1, -0.05) is 93.4 Å². The Bertz CT molecular complexity index is 1470. The Morgan fingerprint density at radius 1 is 1.10 bits per heavy atom. The van der Waals surface area contributed by atoms with Gasteiger partial charge < -0.3 is 18.5 Å². The summed E-state index contributed by atoms with van der Waals surface area (Å²) < 4.78 is 42.1. The maximum Gasteiger partial charge on any atom is 0.192 e. The highest BCUT2D eigenvalue weighted by atomic mass is 32.7. The SMILES string of the molecule is [2H]P(=O)([B][3H])SC(/C(C)=C/c1csc(C)n1)[C@@H](C)/C=C(/C)CCC[C@H](C)[C@H](O)[C@@H](C)C(=O)C(C)(C)[C@H](CCO[Si](C)(C)C(C)(C)C)O[Si](C)(C)C(C)(C)C. The quantitative estimate of drug-likeness (QED) is 0.0709. The van der Waals surface area contributed by atoms with Crippen LogP contribution >= 0.6 is 29.5 Å². The highest BCUT2D eigenvalue weighted by molar-refractivity contribution is 8.58. The second kappa shape index (κ2) is 20.2. The minimum absolute atomic E-state index is 0.0189. The van der Waals surface area contributed by atoms with Crippen LogP contribution in [0, 0.1) is 30.1 Å². The summed E-state index contributed by atoms with van der Waals surface area (Å²) in [6.07, 6.45) is 6.11. The van der Waals surface area contributed by atoms with Crippen molar-refractivity contribution in [3.05, 3.63) is 33.3 Å². The lowest BCUT2D eigenvalue weighted by atomic mass is 9.73. The van der Waals surface area contributed by atoms with Crippen LogP contribution in [0.25, 0.3) is 6.08 Å². The van der Waals surface area contributed by atoms with E-state index in [2.05, 4.69) is 92.6 Å². The molecule has 7 atom stereocenters. The number of ketones is 1. The van der Waals surface area contributed by atoms with Crippen molar-refractivity contribution >= 4 is 65.6 Å². The maximum absolute atomic E-state index is 14.3. The lowest BCUT2D eigenvalue weighted by Crippen LogP contribution is -2.52. The number of nitrogens with zero attached hydrogens (tertiary/aromatic N) is 1. The van der Waals surface area contributed by atoms with Crippen molar-refractivity contribution < 1.29 is 23.3 Å². The molecule has 0 aromatic carbocycles. The van der Waals surface area contributed by atoms with E-state index in [4.69, 9.17) is 11.5 Å². The Balaban J connectivity index is 3.08. The van der Waals surface area contributed by atoms with Gasteiger partial charge in [0, 0.05) is 28.6 Å². The maximum atomic E-state index is 14.3. The largest absolute Gasteiger partial charge is 0.417 e. The van der Waals surface area contributed by atoms with E-state index in [9.17, 15) is 14.5 Å². The van der Waals surface area contributed by atoms with Crippen molar-refractivity contribution in [3.63, 3.8) is 0 Å². The van der Waals surface area contributed by atoms with Gasteiger partial charge in [-0.3, -0.25) is 4.79 Å². The summed E-state index contributed by atoms with van der Waals surface area (Å²) in [7, 11) is -3.45. The Kier molecular flexibility index (Phi) is 18.0. The van der Waals surface area contributed by atoms with Gasteiger partial charge in [-0.2, -0.15) is 0 Å². The molecule has 0 aliphatic carbocycles. The molecule has 0 saturated heterocycles. The third-order valence-electron chi connectivity index (χ3n) is 11.8. The molecule has 6 nitrogen and oxygen atoms in total. The third kappa shape index (κ3) is 15.0. The van der Waals surface area contributed by atoms with Crippen LogP contribution in [0.5, 0.6) is 0 Å². The number of aliphatic hydroxyl groups excluding tert-OH is 1. The van der Waals surface area contributed by atoms with Crippen molar-refractivity contribution in [2.24, 2.45) is 23.2 Å². The number of thiazole rings is 1. The first-order valence-corrected chi connectivity index (χ1v) is 28.7. The first-order chi connectivity index (χ1) is 24.3. The summed E-state index contributed by atoms with van der Waals surface area (Å²) in [6.45, 7) is 35.3. The molecule has 0 aliphatic rings. The van der Waals surface area contributed by atoms with Crippen molar-refractivity contribution in [2.75, 3.05) is 6.61 Å². The van der Waals surface area contributed by atoms with Gasteiger partial charge in [-0.15, -0.1) is 22.7 Å². The van der Waals surface area contributed by atoms with Gasteiger partial charge in [0.1, 0.15) is 5.78 Å². The van der Waals surface area contributed by atoms with Crippen molar-refractivity contribution in [1.82, 2.24) is 4.98 Å². The van der Waals surface area contributed by atoms with E-state index in [1.54, 1.807) is 11.3 Å². The van der Waals surface area contributed by atoms with E-state index in [1.807, 2.05) is 53.0 Å². The molecule has 1 radical (unpaired) electrons. The molecule has 12 heteroatoms. The molecule has 0 fully saturated rings. The Morgan fingerprint density at radius 3 is 2.17 bits per heavy atom. The molecular weight excluding hydrogens is 737 g/mol. The topological polar surface area (TPSA) is 85.7 Å². The molecule has 0 saturated carbocycles. The van der Waals surface area contributed by atoms with Crippen LogP contribution in [0.4, 0.5) is 0 Å². The second-order valence-electron chi connectivity index (χ2n) is 18.9. The molecule has 52 heavy (non-hydrogen) atoms. The number of aryl methyl sites for hydroxylation is 1. The molecule has 0 aliphatic heterocycles. The van der Waals surface area contributed by atoms with E-state index >= 15 is 0 Å². The van der Waals surface area contributed by atoms with Crippen molar-refractivity contribution in [1.29, 1.82) is 2.61 Å². The fourth-order valence-electron chi connectivity index (χ4n) is 6.09. The molecule has 1 heterocycles. The number of hydrogen-bond acceptors (Lipinski definition) is 8. The van der Waals surface area contributed by atoms with E-state index in [-0.39, 0.29) is 39.0 Å². The Morgan fingerprint density at radius 2 is 1.67 bits per heavy atom. The van der Waals surface area contributed by atoms with Gasteiger partial charge in [-0.05, 0) is 102 Å². The van der Waals surface area contributed by atoms with Crippen LogP contribution in [-0.2, 0) is 18.2 Å². The van der Waals surface area contributed by atoms with Gasteiger partial charge in [0.15, 0.2) is 24.2 Å². The molecule has 0 spiro atoms. The predicted molar refractivity (Wildman–Crippen MR) is 238 cm³/mol. The van der Waals surface area contributed by atoms with Crippen LogP contribution in [0.15, 0.2) is 22.6 Å². The molecule has 0 bridgehead atoms. The molecule has 2 unspecified atom stereocenters. The number of carbonyl (C=O) groups excluding carboxylic acids is 1. The average Bonchev–Trinajstić information content (AvgIpc) is 3.44. The number of aliphatic hydroxyl groups is 1. The number of rotatable bonds is 22. The average molecular weight is 816 g/mol. The lowest BCUT2D eigenvalue weighted by Gasteiger charge is -2.45. The smallest absolute Gasteiger partial charge is 0.192 e. The molecule has 1 N–H and O–H groups in total. The number of hydrogen-bond donors (Lipinski definition) is 1. The van der Waals surface area contributed by atoms with E-state index < -0.39 is 40.9 Å². The van der Waals surface area contributed by atoms with Crippen LogP contribution in [0.2, 0.25) is 36.3 Å². The number of aromatic nitrogens is 1. The molecule has 1 rings (SSSR count). The zero-order valence-corrected chi connectivity index (χ0v) is 40.6. The predicted octanol–water partition coefficient (Wildman–Crippen LogP) is 12.0. The van der Waals surface area contributed by atoms with Gasteiger partial charge >= 0.3 is 0 Å². The summed E-state index contributed by atoms with van der Waals surface area (Å²) in [5, 5.41) is 14.4. The standard InChI is InChI=1S/C40H76BNO5PS2Si2/c1-27(24-29(3)36(50-48(41)45)30(4)25-33-26-49-32(6)42-33)20-19-21-28(2)35(43)31(5)37(44)40(13,14)34(47-52(17,18)39(10,11)12)22-23-46-51(15,16)38(7,8)9/h24-26,28-29,31,34-36,41,43,48H,19-23H2,1-18H3/b27-24-,30-25+/t28-,29-,31+,34-,35-,36?/m0/s1/i41T,48D. The lowest BCUT2D eigenvalue weighted by molar-refractivity contribution is -0.141. The summed E-state index contributed by atoms with van der Waals surface area (Å²) in [6, 6.07) is 0. The van der Waals surface area contributed by atoms with Crippen LogP contribution < -0.4 is 0 Å². The van der Waals surface area contributed by atoms with Gasteiger partial charge in [0.05, 0.1) is 31.0 Å². The molecule has 1 aromatic rings. The minimum Gasteiger partial charge on any atom is -0.417 e. The zero-order valence-electron chi connectivity index (χ0n) is 38.1. The highest BCUT2D eigenvalue weighted by Gasteiger charge is 2.47. The second-order valence-corrected chi connectivity index (χ2v) is 32.5. The van der Waals surface area contributed by atoms with Crippen molar-refractivity contribution in [3.8, 4) is 0 Å². The number of Topliss-reactive ketones (excluding diaryl/α,β-unsaturated/α-hetero) is 1. The molecule has 0 amide bonds. The third-order valence-corrected chi connectivity index (χ3v) is 24.1. The van der Waals surface area contributed by atoms with Gasteiger partial charge in [0.2, 0.25) is 0 Å². The molecule has 1 aromatic heterocycles. The Labute approximate surface area is 334 Å². The van der Waals surface area contributed by atoms with Gasteiger partial charge in [-0.25, -0.2) is 4.98 Å². The summed E-state index contributed by atoms with van der Waals surface area (Å²) in [5.74, 6) is -0.633. The zero-order chi connectivity index (χ0) is 42.3. The normalized spacial score (nSPS) is 19.5. The molecular formula is C40H76BNO5PS2Si2. The summed E-state index contributed by atoms with van der Waals surface area (Å²) in [4.78, 5) is 18.9. The van der Waals surface area contributed by atoms with E-state index in [1.165, 1.54) is 5.57 Å². The Hall–Kier alpha value is -0.261. The fraction of sp³-hybridized carbons (Fsp3) is 0.800. The van der Waals surface area contributed by atoms with Crippen LogP contribution in [-0.4, -0.2) is 66.7 Å². The summed E-state index contributed by atoms with van der Waals surface area (Å²) >= 11 is 2.62. The van der Waals surface area contributed by atoms with E-state index in [0.29, 0.717) is 13.0 Å². The highest BCUT2D eigenvalue weighted by Crippen LogP contribution is 2.45. The number of carbonyl (C=O) groups is 1. The van der Waals surface area contributed by atoms with Crippen molar-refractivity contribution in [2.45, 2.75) is 176 Å². The molecule has 299 valence electrons. The van der Waals surface area contributed by atoms with E-state index in [0.717, 1.165) is 54.4 Å². The van der Waals surface area contributed by atoms with Gasteiger partial charge in [0.25, 0.3) is 0 Å². The first kappa shape index (κ1) is 46.1. The minimum atomic E-state index is -3.54. The summed E-state index contributed by atoms with van der Waals surface area (Å²) in [5.41, 5.74) is 2.18. The van der Waals surface area contributed by atoms with Crippen LogP contribution in [0.1, 0.15) is 126 Å². The fourth-order valence-corrected chi connectivity index (χ4v) is 11.7.